The van der Waals surface area contributed by atoms with Crippen LogP contribution in [0.4, 0.5) is 0 Å². The minimum Gasteiger partial charge on any atom is -0.472 e. The number of nitrogens with one attached hydrogen (secondary N) is 1. The zero-order chi connectivity index (χ0) is 9.80. The molecule has 0 spiro atoms. The van der Waals surface area contributed by atoms with Gasteiger partial charge in [0.25, 0.3) is 0 Å². The van der Waals surface area contributed by atoms with E-state index in [-0.39, 0.29) is 0 Å². The summed E-state index contributed by atoms with van der Waals surface area (Å²) in [6.45, 7) is 0. The van der Waals surface area contributed by atoms with Crippen LogP contribution in [-0.4, -0.2) is 13.1 Å². The highest BCUT2D eigenvalue weighted by molar-refractivity contribution is 5.08. The van der Waals surface area contributed by atoms with E-state index in [0.717, 1.165) is 12.3 Å². The van der Waals surface area contributed by atoms with Gasteiger partial charge in [0.15, 0.2) is 0 Å². The first-order valence-corrected chi connectivity index (χ1v) is 5.58. The maximum Gasteiger partial charge on any atom is 0.0935 e. The molecule has 1 aliphatic rings. The molecule has 0 aromatic carbocycles. The molecule has 1 aromatic rings. The van der Waals surface area contributed by atoms with Gasteiger partial charge in [-0.1, -0.05) is 12.8 Å². The van der Waals surface area contributed by atoms with Gasteiger partial charge in [-0.05, 0) is 43.9 Å². The molecule has 2 rings (SSSR count). The molecule has 1 aromatic heterocycles. The van der Waals surface area contributed by atoms with Gasteiger partial charge in [-0.25, -0.2) is 0 Å². The molecule has 1 saturated carbocycles. The van der Waals surface area contributed by atoms with Crippen LogP contribution in [0, 0.1) is 5.92 Å². The third-order valence-corrected chi connectivity index (χ3v) is 3.38. The summed E-state index contributed by atoms with van der Waals surface area (Å²) >= 11 is 0. The van der Waals surface area contributed by atoms with Crippen molar-refractivity contribution >= 4 is 0 Å². The maximum atomic E-state index is 5.09. The number of hydrogen-bond acceptors (Lipinski definition) is 2. The lowest BCUT2D eigenvalue weighted by atomic mass is 9.93. The van der Waals surface area contributed by atoms with Gasteiger partial charge in [-0.3, -0.25) is 0 Å². The fraction of sp³-hybridized carbons (Fsp3) is 0.667. The topological polar surface area (TPSA) is 25.2 Å². The van der Waals surface area contributed by atoms with Gasteiger partial charge in [-0.2, -0.15) is 0 Å². The van der Waals surface area contributed by atoms with Gasteiger partial charge in [0.1, 0.15) is 0 Å². The lowest BCUT2D eigenvalue weighted by molar-refractivity contribution is 0.376. The smallest absolute Gasteiger partial charge is 0.0935 e. The van der Waals surface area contributed by atoms with E-state index < -0.39 is 0 Å². The van der Waals surface area contributed by atoms with E-state index in [2.05, 4.69) is 18.4 Å². The summed E-state index contributed by atoms with van der Waals surface area (Å²) in [5.41, 5.74) is 1.32. The van der Waals surface area contributed by atoms with Crippen LogP contribution in [0.3, 0.4) is 0 Å². The molecule has 14 heavy (non-hydrogen) atoms. The van der Waals surface area contributed by atoms with E-state index in [4.69, 9.17) is 4.42 Å². The van der Waals surface area contributed by atoms with E-state index in [0.29, 0.717) is 6.04 Å². The Morgan fingerprint density at radius 2 is 2.29 bits per heavy atom. The first-order chi connectivity index (χ1) is 6.90. The molecule has 1 fully saturated rings. The highest BCUT2D eigenvalue weighted by Crippen LogP contribution is 2.29. The van der Waals surface area contributed by atoms with Crippen molar-refractivity contribution in [3.8, 4) is 0 Å². The average Bonchev–Trinajstić information content (AvgIpc) is 2.86. The summed E-state index contributed by atoms with van der Waals surface area (Å²) in [7, 11) is 2.07. The van der Waals surface area contributed by atoms with Crippen LogP contribution in [-0.2, 0) is 6.42 Å². The molecule has 78 valence electrons. The Balaban J connectivity index is 1.92. The van der Waals surface area contributed by atoms with Crippen molar-refractivity contribution in [3.05, 3.63) is 24.2 Å². The molecule has 0 bridgehead atoms. The predicted molar refractivity (Wildman–Crippen MR) is 57.2 cm³/mol. The van der Waals surface area contributed by atoms with Crippen molar-refractivity contribution in [1.82, 2.24) is 5.32 Å². The van der Waals surface area contributed by atoms with E-state index in [1.807, 2.05) is 6.26 Å². The van der Waals surface area contributed by atoms with Gasteiger partial charge in [0.2, 0.25) is 0 Å². The molecule has 2 heteroatoms. The zero-order valence-electron chi connectivity index (χ0n) is 8.83. The third kappa shape index (κ3) is 2.18. The largest absolute Gasteiger partial charge is 0.472 e. The van der Waals surface area contributed by atoms with Crippen LogP contribution < -0.4 is 5.32 Å². The summed E-state index contributed by atoms with van der Waals surface area (Å²) in [5, 5.41) is 3.44. The monoisotopic (exact) mass is 193 g/mol. The molecule has 1 atom stereocenters. The molecule has 2 nitrogen and oxygen atoms in total. The fourth-order valence-electron chi connectivity index (χ4n) is 2.53. The maximum absolute atomic E-state index is 5.09. The highest BCUT2D eigenvalue weighted by Gasteiger charge is 2.23. The summed E-state index contributed by atoms with van der Waals surface area (Å²) in [4.78, 5) is 0. The second-order valence-corrected chi connectivity index (χ2v) is 4.28. The Kier molecular flexibility index (Phi) is 3.25. The number of furan rings is 1. The molecule has 0 saturated heterocycles. The van der Waals surface area contributed by atoms with Crippen molar-refractivity contribution in [2.75, 3.05) is 7.05 Å². The minimum absolute atomic E-state index is 0.634. The zero-order valence-corrected chi connectivity index (χ0v) is 8.83. The molecule has 0 amide bonds. The Morgan fingerprint density at radius 3 is 2.86 bits per heavy atom. The Hall–Kier alpha value is -0.760. The number of likely N-dealkylation sites (N-methyl/N-ethyl adjacent to an activating group) is 1. The fourth-order valence-corrected chi connectivity index (χ4v) is 2.53. The van der Waals surface area contributed by atoms with Gasteiger partial charge >= 0.3 is 0 Å². The standard InChI is InChI=1S/C12H19NO/c1-13-12(11-4-2-3-5-11)8-10-6-7-14-9-10/h6-7,9,11-13H,2-5,8H2,1H3. The first kappa shape index (κ1) is 9.78. The lowest BCUT2D eigenvalue weighted by Crippen LogP contribution is -2.34. The van der Waals surface area contributed by atoms with Gasteiger partial charge < -0.3 is 9.73 Å². The Morgan fingerprint density at radius 1 is 1.50 bits per heavy atom. The average molecular weight is 193 g/mol. The molecule has 1 aliphatic carbocycles. The van der Waals surface area contributed by atoms with Gasteiger partial charge in [0.05, 0.1) is 12.5 Å². The van der Waals surface area contributed by atoms with Crippen LogP contribution in [0.5, 0.6) is 0 Å². The third-order valence-electron chi connectivity index (χ3n) is 3.38. The Bertz CT molecular complexity index is 249. The van der Waals surface area contributed by atoms with Gasteiger partial charge in [-0.15, -0.1) is 0 Å². The lowest BCUT2D eigenvalue weighted by Gasteiger charge is -2.22. The summed E-state index contributed by atoms with van der Waals surface area (Å²) in [6.07, 6.45) is 10.3. The molecule has 0 aliphatic heterocycles. The van der Waals surface area contributed by atoms with Crippen LogP contribution >= 0.6 is 0 Å². The van der Waals surface area contributed by atoms with Crippen molar-refractivity contribution < 1.29 is 4.42 Å². The van der Waals surface area contributed by atoms with Crippen molar-refractivity contribution in [2.24, 2.45) is 5.92 Å². The van der Waals surface area contributed by atoms with Crippen LogP contribution in [0.25, 0.3) is 0 Å². The van der Waals surface area contributed by atoms with Crippen LogP contribution in [0.2, 0.25) is 0 Å². The van der Waals surface area contributed by atoms with Crippen LogP contribution in [0.1, 0.15) is 31.2 Å². The summed E-state index contributed by atoms with van der Waals surface area (Å²) in [6, 6.07) is 2.70. The minimum atomic E-state index is 0.634. The molecule has 1 heterocycles. The predicted octanol–water partition coefficient (Wildman–Crippen LogP) is 2.60. The SMILES string of the molecule is CNC(Cc1ccoc1)C1CCCC1. The van der Waals surface area contributed by atoms with Crippen molar-refractivity contribution in [3.63, 3.8) is 0 Å². The van der Waals surface area contributed by atoms with E-state index >= 15 is 0 Å². The summed E-state index contributed by atoms with van der Waals surface area (Å²) < 4.78 is 5.09. The highest BCUT2D eigenvalue weighted by atomic mass is 16.3. The Labute approximate surface area is 85.7 Å². The molecule has 0 radical (unpaired) electrons. The quantitative estimate of drug-likeness (QED) is 0.795. The number of rotatable bonds is 4. The van der Waals surface area contributed by atoms with E-state index in [1.165, 1.54) is 31.2 Å². The molecule has 1 unspecified atom stereocenters. The van der Waals surface area contributed by atoms with Crippen molar-refractivity contribution in [1.29, 1.82) is 0 Å². The second-order valence-electron chi connectivity index (χ2n) is 4.28. The molecular weight excluding hydrogens is 174 g/mol. The van der Waals surface area contributed by atoms with E-state index in [9.17, 15) is 0 Å². The number of hydrogen-bond donors (Lipinski definition) is 1. The van der Waals surface area contributed by atoms with Gasteiger partial charge in [0, 0.05) is 6.04 Å². The van der Waals surface area contributed by atoms with Crippen molar-refractivity contribution in [2.45, 2.75) is 38.1 Å². The normalized spacial score (nSPS) is 20.1. The van der Waals surface area contributed by atoms with E-state index in [1.54, 1.807) is 6.26 Å². The summed E-state index contributed by atoms with van der Waals surface area (Å²) in [5.74, 6) is 0.870. The molecular formula is C12H19NO. The molecule has 1 N–H and O–H groups in total. The first-order valence-electron chi connectivity index (χ1n) is 5.58. The second kappa shape index (κ2) is 4.65. The van der Waals surface area contributed by atoms with Crippen LogP contribution in [0.15, 0.2) is 23.0 Å².